The van der Waals surface area contributed by atoms with E-state index in [-0.39, 0.29) is 0 Å². The summed E-state index contributed by atoms with van der Waals surface area (Å²) in [5.74, 6) is 1.49. The largest absolute Gasteiger partial charge is 0.493 e. The number of halogens is 1. The lowest BCUT2D eigenvalue weighted by atomic mass is 9.98. The second-order valence-electron chi connectivity index (χ2n) is 4.74. The molecule has 0 aliphatic rings. The molecule has 0 atom stereocenters. The number of hydrogen-bond donors (Lipinski definition) is 0. The Morgan fingerprint density at radius 2 is 1.55 bits per heavy atom. The van der Waals surface area contributed by atoms with E-state index in [1.165, 1.54) is 11.1 Å². The zero-order valence-corrected chi connectivity index (χ0v) is 12.9. The van der Waals surface area contributed by atoms with E-state index in [1.807, 2.05) is 25.1 Å². The van der Waals surface area contributed by atoms with Gasteiger partial charge in [-0.3, -0.25) is 0 Å². The molecule has 0 spiro atoms. The van der Waals surface area contributed by atoms with Gasteiger partial charge < -0.3 is 9.47 Å². The van der Waals surface area contributed by atoms with Gasteiger partial charge in [0.2, 0.25) is 0 Å². The SMILES string of the molecule is COc1cc(C)c(Cc2cc(Cl)ncc2C)cc1OC. The van der Waals surface area contributed by atoms with Crippen LogP contribution in [0.4, 0.5) is 0 Å². The summed E-state index contributed by atoms with van der Waals surface area (Å²) in [5, 5.41) is 0.517. The van der Waals surface area contributed by atoms with Crippen LogP contribution in [0, 0.1) is 13.8 Å². The molecule has 1 aromatic heterocycles. The van der Waals surface area contributed by atoms with Crippen molar-refractivity contribution in [2.45, 2.75) is 20.3 Å². The maximum Gasteiger partial charge on any atom is 0.161 e. The third-order valence-electron chi connectivity index (χ3n) is 3.40. The minimum absolute atomic E-state index is 0.517. The van der Waals surface area contributed by atoms with Gasteiger partial charge in [-0.05, 0) is 60.7 Å². The Balaban J connectivity index is 2.40. The van der Waals surface area contributed by atoms with Gasteiger partial charge in [-0.15, -0.1) is 0 Å². The highest BCUT2D eigenvalue weighted by molar-refractivity contribution is 6.29. The van der Waals surface area contributed by atoms with Crippen molar-refractivity contribution in [1.82, 2.24) is 4.98 Å². The van der Waals surface area contributed by atoms with Gasteiger partial charge in [0.05, 0.1) is 14.2 Å². The summed E-state index contributed by atoms with van der Waals surface area (Å²) in [5.41, 5.74) is 4.65. The van der Waals surface area contributed by atoms with Gasteiger partial charge in [-0.25, -0.2) is 4.98 Å². The number of aryl methyl sites for hydroxylation is 2. The highest BCUT2D eigenvalue weighted by Crippen LogP contribution is 2.31. The first-order valence-corrected chi connectivity index (χ1v) is 6.75. The maximum absolute atomic E-state index is 5.97. The normalized spacial score (nSPS) is 10.4. The highest BCUT2D eigenvalue weighted by Gasteiger charge is 2.10. The zero-order valence-electron chi connectivity index (χ0n) is 12.2. The zero-order chi connectivity index (χ0) is 14.7. The molecule has 4 heteroatoms. The van der Waals surface area contributed by atoms with E-state index < -0.39 is 0 Å². The molecular formula is C16H18ClNO2. The maximum atomic E-state index is 5.97. The van der Waals surface area contributed by atoms with Crippen molar-refractivity contribution in [2.24, 2.45) is 0 Å². The Morgan fingerprint density at radius 3 is 2.20 bits per heavy atom. The molecule has 0 bridgehead atoms. The van der Waals surface area contributed by atoms with Gasteiger partial charge in [-0.2, -0.15) is 0 Å². The van der Waals surface area contributed by atoms with Crippen molar-refractivity contribution in [1.29, 1.82) is 0 Å². The first-order chi connectivity index (χ1) is 9.55. The first kappa shape index (κ1) is 14.7. The summed E-state index contributed by atoms with van der Waals surface area (Å²) in [4.78, 5) is 4.09. The van der Waals surface area contributed by atoms with Crippen molar-refractivity contribution in [3.63, 3.8) is 0 Å². The average molecular weight is 292 g/mol. The van der Waals surface area contributed by atoms with Crippen LogP contribution in [0.25, 0.3) is 0 Å². The van der Waals surface area contributed by atoms with Gasteiger partial charge in [0, 0.05) is 6.20 Å². The van der Waals surface area contributed by atoms with E-state index in [0.717, 1.165) is 29.0 Å². The van der Waals surface area contributed by atoms with Crippen LogP contribution in [-0.4, -0.2) is 19.2 Å². The van der Waals surface area contributed by atoms with Crippen LogP contribution >= 0.6 is 11.6 Å². The van der Waals surface area contributed by atoms with Crippen LogP contribution in [0.2, 0.25) is 5.15 Å². The van der Waals surface area contributed by atoms with Crippen molar-refractivity contribution < 1.29 is 9.47 Å². The fourth-order valence-electron chi connectivity index (χ4n) is 2.15. The van der Waals surface area contributed by atoms with E-state index in [1.54, 1.807) is 20.4 Å². The monoisotopic (exact) mass is 291 g/mol. The van der Waals surface area contributed by atoms with E-state index >= 15 is 0 Å². The topological polar surface area (TPSA) is 31.4 Å². The standard InChI is InChI=1S/C16H18ClNO2/c1-10-5-14(19-3)15(20-4)7-12(10)6-13-8-16(17)18-9-11(13)2/h5,7-9H,6H2,1-4H3. The first-order valence-electron chi connectivity index (χ1n) is 6.37. The number of pyridine rings is 1. The molecular weight excluding hydrogens is 274 g/mol. The molecule has 0 aliphatic carbocycles. The molecule has 0 amide bonds. The molecule has 0 saturated heterocycles. The van der Waals surface area contributed by atoms with Crippen LogP contribution in [0.1, 0.15) is 22.3 Å². The molecule has 0 saturated carbocycles. The molecule has 0 aliphatic heterocycles. The van der Waals surface area contributed by atoms with Crippen LogP contribution < -0.4 is 9.47 Å². The summed E-state index contributed by atoms with van der Waals surface area (Å²) in [6.45, 7) is 4.10. The third-order valence-corrected chi connectivity index (χ3v) is 3.61. The highest BCUT2D eigenvalue weighted by atomic mass is 35.5. The molecule has 2 rings (SSSR count). The van der Waals surface area contributed by atoms with Crippen LogP contribution in [0.5, 0.6) is 11.5 Å². The molecule has 1 aromatic carbocycles. The van der Waals surface area contributed by atoms with Crippen molar-refractivity contribution in [2.75, 3.05) is 14.2 Å². The summed E-state index contributed by atoms with van der Waals surface area (Å²) < 4.78 is 10.7. The Kier molecular flexibility index (Phi) is 4.50. The predicted molar refractivity (Wildman–Crippen MR) is 81.1 cm³/mol. The van der Waals surface area contributed by atoms with Crippen LogP contribution in [0.3, 0.4) is 0 Å². The Labute approximate surface area is 124 Å². The number of hydrogen-bond acceptors (Lipinski definition) is 3. The molecule has 0 unspecified atom stereocenters. The Morgan fingerprint density at radius 1 is 0.950 bits per heavy atom. The molecule has 1 heterocycles. The lowest BCUT2D eigenvalue weighted by Gasteiger charge is -2.14. The number of ether oxygens (including phenoxy) is 2. The number of rotatable bonds is 4. The van der Waals surface area contributed by atoms with E-state index in [0.29, 0.717) is 5.15 Å². The number of methoxy groups -OCH3 is 2. The van der Waals surface area contributed by atoms with Gasteiger partial charge in [0.1, 0.15) is 5.15 Å². The smallest absolute Gasteiger partial charge is 0.161 e. The summed E-state index contributed by atoms with van der Waals surface area (Å²) >= 11 is 5.97. The molecule has 0 fully saturated rings. The lowest BCUT2D eigenvalue weighted by molar-refractivity contribution is 0.354. The van der Waals surface area contributed by atoms with Crippen molar-refractivity contribution in [3.8, 4) is 11.5 Å². The molecule has 0 N–H and O–H groups in total. The predicted octanol–water partition coefficient (Wildman–Crippen LogP) is 3.96. The fraction of sp³-hybridized carbons (Fsp3) is 0.312. The lowest BCUT2D eigenvalue weighted by Crippen LogP contribution is -1.99. The third kappa shape index (κ3) is 3.05. The van der Waals surface area contributed by atoms with Crippen molar-refractivity contribution in [3.05, 3.63) is 51.8 Å². The quantitative estimate of drug-likeness (QED) is 0.799. The number of benzene rings is 1. The molecule has 20 heavy (non-hydrogen) atoms. The van der Waals surface area contributed by atoms with Gasteiger partial charge in [0.15, 0.2) is 11.5 Å². The van der Waals surface area contributed by atoms with Crippen LogP contribution in [-0.2, 0) is 6.42 Å². The molecule has 3 nitrogen and oxygen atoms in total. The van der Waals surface area contributed by atoms with Gasteiger partial charge in [0.25, 0.3) is 0 Å². The molecule has 106 valence electrons. The number of aromatic nitrogens is 1. The van der Waals surface area contributed by atoms with Crippen LogP contribution in [0.15, 0.2) is 24.4 Å². The summed E-state index contributed by atoms with van der Waals surface area (Å²) in [7, 11) is 3.29. The van der Waals surface area contributed by atoms with Gasteiger partial charge in [-0.1, -0.05) is 11.6 Å². The molecule has 0 radical (unpaired) electrons. The van der Waals surface area contributed by atoms with Gasteiger partial charge >= 0.3 is 0 Å². The minimum atomic E-state index is 0.517. The average Bonchev–Trinajstić information content (AvgIpc) is 2.44. The number of nitrogens with zero attached hydrogens (tertiary/aromatic N) is 1. The van der Waals surface area contributed by atoms with E-state index in [9.17, 15) is 0 Å². The summed E-state index contributed by atoms with van der Waals surface area (Å²) in [6.07, 6.45) is 2.59. The van der Waals surface area contributed by atoms with E-state index in [2.05, 4.69) is 11.9 Å². The second-order valence-corrected chi connectivity index (χ2v) is 5.13. The minimum Gasteiger partial charge on any atom is -0.493 e. The summed E-state index contributed by atoms with van der Waals surface area (Å²) in [6, 6.07) is 5.92. The Bertz CT molecular complexity index is 626. The second kappa shape index (κ2) is 6.14. The fourth-order valence-corrected chi connectivity index (χ4v) is 2.33. The van der Waals surface area contributed by atoms with Crippen molar-refractivity contribution >= 4 is 11.6 Å². The molecule has 2 aromatic rings. The Hall–Kier alpha value is -1.74. The van der Waals surface area contributed by atoms with E-state index in [4.69, 9.17) is 21.1 Å².